The third kappa shape index (κ3) is 40.8. The molecule has 0 bridgehead atoms. The molecule has 0 fully saturated rings. The van der Waals surface area contributed by atoms with Crippen molar-refractivity contribution in [3.8, 4) is 0 Å². The lowest BCUT2D eigenvalue weighted by atomic mass is 10.3. The van der Waals surface area contributed by atoms with Gasteiger partial charge in [0.05, 0.1) is 19.8 Å². The van der Waals surface area contributed by atoms with Gasteiger partial charge in [0.15, 0.2) is 0 Å². The molecule has 3 N–H and O–H groups in total. The molecule has 3 nitrogen and oxygen atoms in total. The number of hydrogen-bond donors (Lipinski definition) is 2. The molecule has 0 amide bonds. The molecule has 0 aromatic carbocycles. The van der Waals surface area contributed by atoms with Gasteiger partial charge in [0.1, 0.15) is 0 Å². The Morgan fingerprint density at radius 1 is 1.27 bits per heavy atom. The lowest BCUT2D eigenvalue weighted by Crippen LogP contribution is -2.10. The summed E-state index contributed by atoms with van der Waals surface area (Å²) in [5.74, 6) is 0.833. The van der Waals surface area contributed by atoms with E-state index < -0.39 is 0 Å². The van der Waals surface area contributed by atoms with Crippen molar-refractivity contribution in [1.29, 1.82) is 0 Å². The van der Waals surface area contributed by atoms with Gasteiger partial charge in [0, 0.05) is 6.54 Å². The standard InChI is InChI=1S/C4H11NO2.C4H10/c5-1-3-7-4-2-6;1-4(2)3/h6H,1-5H2;4H,1-3H3. The molecule has 0 radical (unpaired) electrons. The van der Waals surface area contributed by atoms with Crippen LogP contribution in [0.5, 0.6) is 0 Å². The largest absolute Gasteiger partial charge is 0.394 e. The molecule has 0 saturated heterocycles. The van der Waals surface area contributed by atoms with Crippen LogP contribution in [-0.4, -0.2) is 31.5 Å². The van der Waals surface area contributed by atoms with Crippen LogP contribution >= 0.6 is 0 Å². The smallest absolute Gasteiger partial charge is 0.0698 e. The van der Waals surface area contributed by atoms with Crippen LogP contribution < -0.4 is 5.73 Å². The van der Waals surface area contributed by atoms with E-state index in [2.05, 4.69) is 20.8 Å². The van der Waals surface area contributed by atoms with E-state index in [1.54, 1.807) is 0 Å². The quantitative estimate of drug-likeness (QED) is 0.597. The molecule has 0 aliphatic carbocycles. The van der Waals surface area contributed by atoms with Crippen LogP contribution in [0.25, 0.3) is 0 Å². The maximum atomic E-state index is 8.13. The molecule has 0 saturated carbocycles. The summed E-state index contributed by atoms with van der Waals surface area (Å²) in [6.45, 7) is 8.05. The molecule has 0 atom stereocenters. The van der Waals surface area contributed by atoms with E-state index >= 15 is 0 Å². The number of hydrogen-bond acceptors (Lipinski definition) is 3. The Kier molecular flexibility index (Phi) is 15.4. The van der Waals surface area contributed by atoms with Gasteiger partial charge in [-0.15, -0.1) is 0 Å². The van der Waals surface area contributed by atoms with Crippen molar-refractivity contribution in [3.63, 3.8) is 0 Å². The summed E-state index contributed by atoms with van der Waals surface area (Å²) in [5.41, 5.74) is 5.06. The highest BCUT2D eigenvalue weighted by atomic mass is 16.5. The zero-order chi connectivity index (χ0) is 9.11. The van der Waals surface area contributed by atoms with Crippen LogP contribution in [0.3, 0.4) is 0 Å². The van der Waals surface area contributed by atoms with E-state index in [1.807, 2.05) is 0 Å². The second-order valence-corrected chi connectivity index (χ2v) is 2.86. The molecule has 0 aromatic rings. The Hall–Kier alpha value is -0.120. The first-order valence-electron chi connectivity index (χ1n) is 4.03. The van der Waals surface area contributed by atoms with E-state index in [-0.39, 0.29) is 6.61 Å². The van der Waals surface area contributed by atoms with Gasteiger partial charge in [-0.3, -0.25) is 0 Å². The van der Waals surface area contributed by atoms with Crippen molar-refractivity contribution in [3.05, 3.63) is 0 Å². The Morgan fingerprint density at radius 2 is 1.73 bits per heavy atom. The van der Waals surface area contributed by atoms with Gasteiger partial charge in [-0.1, -0.05) is 20.8 Å². The Bertz CT molecular complexity index is 51.3. The first-order chi connectivity index (χ1) is 5.15. The predicted molar refractivity (Wildman–Crippen MR) is 47.5 cm³/mol. The summed E-state index contributed by atoms with van der Waals surface area (Å²) in [7, 11) is 0. The maximum absolute atomic E-state index is 8.13. The fourth-order valence-electron chi connectivity index (χ4n) is 0.250. The van der Waals surface area contributed by atoms with Gasteiger partial charge in [-0.05, 0) is 5.92 Å². The third-order valence-corrected chi connectivity index (χ3v) is 0.498. The molecule has 0 rings (SSSR count). The number of aliphatic hydroxyl groups excluding tert-OH is 1. The molecule has 0 heterocycles. The van der Waals surface area contributed by atoms with Gasteiger partial charge in [0.25, 0.3) is 0 Å². The summed E-state index contributed by atoms with van der Waals surface area (Å²) in [4.78, 5) is 0. The van der Waals surface area contributed by atoms with Crippen molar-refractivity contribution in [2.75, 3.05) is 26.4 Å². The normalized spacial score (nSPS) is 9.27. The van der Waals surface area contributed by atoms with E-state index in [1.165, 1.54) is 0 Å². The number of ether oxygens (including phenoxy) is 1. The highest BCUT2D eigenvalue weighted by molar-refractivity contribution is 4.28. The topological polar surface area (TPSA) is 55.5 Å². The Morgan fingerprint density at radius 3 is 2.00 bits per heavy atom. The van der Waals surface area contributed by atoms with Crippen LogP contribution in [0.2, 0.25) is 0 Å². The molecular weight excluding hydrogens is 142 g/mol. The molecule has 70 valence electrons. The second kappa shape index (κ2) is 12.5. The lowest BCUT2D eigenvalue weighted by Gasteiger charge is -1.95. The average molecular weight is 163 g/mol. The fourth-order valence-corrected chi connectivity index (χ4v) is 0.250. The van der Waals surface area contributed by atoms with Gasteiger partial charge in [-0.25, -0.2) is 0 Å². The van der Waals surface area contributed by atoms with E-state index in [4.69, 9.17) is 15.6 Å². The average Bonchev–Trinajstić information content (AvgIpc) is 1.88. The molecule has 11 heavy (non-hydrogen) atoms. The minimum absolute atomic E-state index is 0.0833. The van der Waals surface area contributed by atoms with Gasteiger partial charge in [0.2, 0.25) is 0 Å². The van der Waals surface area contributed by atoms with Gasteiger partial charge in [-0.2, -0.15) is 0 Å². The van der Waals surface area contributed by atoms with Crippen LogP contribution in [0.1, 0.15) is 20.8 Å². The molecular formula is C8H21NO2. The fraction of sp³-hybridized carbons (Fsp3) is 1.00. The zero-order valence-corrected chi connectivity index (χ0v) is 7.84. The van der Waals surface area contributed by atoms with E-state index in [0.29, 0.717) is 19.8 Å². The highest BCUT2D eigenvalue weighted by Gasteiger charge is 1.78. The number of aliphatic hydroxyl groups is 1. The molecule has 0 unspecified atom stereocenters. The highest BCUT2D eigenvalue weighted by Crippen LogP contribution is 1.81. The number of rotatable bonds is 4. The van der Waals surface area contributed by atoms with Crippen molar-refractivity contribution in [1.82, 2.24) is 0 Å². The lowest BCUT2D eigenvalue weighted by molar-refractivity contribution is 0.0976. The summed E-state index contributed by atoms with van der Waals surface area (Å²) in [6, 6.07) is 0. The summed E-state index contributed by atoms with van der Waals surface area (Å²) < 4.78 is 4.76. The summed E-state index contributed by atoms with van der Waals surface area (Å²) >= 11 is 0. The van der Waals surface area contributed by atoms with Crippen LogP contribution in [0.4, 0.5) is 0 Å². The predicted octanol–water partition coefficient (Wildman–Crippen LogP) is 0.616. The first-order valence-corrected chi connectivity index (χ1v) is 4.03. The van der Waals surface area contributed by atoms with Gasteiger partial charge < -0.3 is 15.6 Å². The minimum atomic E-state index is 0.0833. The SMILES string of the molecule is CC(C)C.NCCOCCO. The van der Waals surface area contributed by atoms with Crippen molar-refractivity contribution < 1.29 is 9.84 Å². The Labute approximate surface area is 69.5 Å². The maximum Gasteiger partial charge on any atom is 0.0698 e. The summed E-state index contributed by atoms with van der Waals surface area (Å²) in [5, 5.41) is 8.13. The molecule has 0 aliphatic rings. The molecule has 3 heteroatoms. The molecule has 0 aromatic heterocycles. The zero-order valence-electron chi connectivity index (χ0n) is 7.84. The monoisotopic (exact) mass is 163 g/mol. The molecule has 0 aliphatic heterocycles. The van der Waals surface area contributed by atoms with E-state index in [0.717, 1.165) is 5.92 Å². The van der Waals surface area contributed by atoms with Gasteiger partial charge >= 0.3 is 0 Å². The molecule has 0 spiro atoms. The number of nitrogens with two attached hydrogens (primary N) is 1. The van der Waals surface area contributed by atoms with E-state index in [9.17, 15) is 0 Å². The van der Waals surface area contributed by atoms with Crippen LogP contribution in [0, 0.1) is 5.92 Å². The first kappa shape index (κ1) is 13.5. The van der Waals surface area contributed by atoms with Crippen LogP contribution in [-0.2, 0) is 4.74 Å². The Balaban J connectivity index is 0. The third-order valence-electron chi connectivity index (χ3n) is 0.498. The second-order valence-electron chi connectivity index (χ2n) is 2.86. The summed E-state index contributed by atoms with van der Waals surface area (Å²) in [6.07, 6.45) is 0. The van der Waals surface area contributed by atoms with Crippen molar-refractivity contribution in [2.45, 2.75) is 20.8 Å². The van der Waals surface area contributed by atoms with Crippen LogP contribution in [0.15, 0.2) is 0 Å². The van der Waals surface area contributed by atoms with Crippen molar-refractivity contribution >= 4 is 0 Å². The minimum Gasteiger partial charge on any atom is -0.394 e. The van der Waals surface area contributed by atoms with Crippen molar-refractivity contribution in [2.24, 2.45) is 11.7 Å².